The van der Waals surface area contributed by atoms with Crippen LogP contribution in [0.1, 0.15) is 18.2 Å². The molecule has 0 aromatic carbocycles. The molecule has 118 valence electrons. The van der Waals surface area contributed by atoms with Crippen LogP contribution in [0.25, 0.3) is 0 Å². The van der Waals surface area contributed by atoms with Gasteiger partial charge in [0.05, 0.1) is 7.11 Å². The molecule has 1 rings (SSSR count). The van der Waals surface area contributed by atoms with Gasteiger partial charge in [-0.1, -0.05) is 6.92 Å². The summed E-state index contributed by atoms with van der Waals surface area (Å²) < 4.78 is 44.4. The molecule has 0 aliphatic rings. The summed E-state index contributed by atoms with van der Waals surface area (Å²) in [5.41, 5.74) is -3.38. The van der Waals surface area contributed by atoms with Crippen LogP contribution in [-0.2, 0) is 14.3 Å². The van der Waals surface area contributed by atoms with E-state index >= 15 is 0 Å². The summed E-state index contributed by atoms with van der Waals surface area (Å²) >= 11 is 0.912. The topological polar surface area (TPSA) is 80.3 Å². The summed E-state index contributed by atoms with van der Waals surface area (Å²) in [7, 11) is 0.801. The number of thiazole rings is 1. The van der Waals surface area contributed by atoms with Gasteiger partial charge in [0.25, 0.3) is 0 Å². The monoisotopic (exact) mass is 325 g/mol. The number of aryl methyl sites for hydroxylation is 1. The number of ether oxygens (including phenoxy) is 1. The predicted octanol–water partition coefficient (Wildman–Crippen LogP) is 1.82. The van der Waals surface area contributed by atoms with Gasteiger partial charge in [-0.15, -0.1) is 11.3 Å². The number of carbonyl (C=O) groups is 2. The maximum Gasteiger partial charge on any atom is 0.442 e. The number of amides is 1. The summed E-state index contributed by atoms with van der Waals surface area (Å²) in [6.07, 6.45) is -4.01. The maximum absolute atomic E-state index is 13.4. The summed E-state index contributed by atoms with van der Waals surface area (Å²) in [5, 5.41) is 3.43. The zero-order valence-corrected chi connectivity index (χ0v) is 12.3. The van der Waals surface area contributed by atoms with E-state index in [0.717, 1.165) is 18.4 Å². The van der Waals surface area contributed by atoms with E-state index in [2.05, 4.69) is 9.72 Å². The number of nitrogens with zero attached hydrogens (tertiary/aromatic N) is 1. The number of rotatable bonds is 5. The standard InChI is InChI=1S/C11H14F3N3O3S/c1-4-7(18)16-10(8(19)20-3,11(12,13)14)17-9-15-5-6(2)21-9/h5H,4H2,1-3H3,(H,15,17)(H,16,18)/t10-/m1/s1. The van der Waals surface area contributed by atoms with Gasteiger partial charge < -0.3 is 15.4 Å². The lowest BCUT2D eigenvalue weighted by molar-refractivity contribution is -0.206. The normalized spacial score (nSPS) is 14.2. The van der Waals surface area contributed by atoms with Gasteiger partial charge in [0.15, 0.2) is 5.13 Å². The molecule has 10 heteroatoms. The summed E-state index contributed by atoms with van der Waals surface area (Å²) in [6.45, 7) is 3.00. The molecule has 1 heterocycles. The van der Waals surface area contributed by atoms with Crippen LogP contribution < -0.4 is 10.6 Å². The molecule has 2 N–H and O–H groups in total. The van der Waals surface area contributed by atoms with Crippen LogP contribution >= 0.6 is 11.3 Å². The third kappa shape index (κ3) is 3.63. The molecule has 21 heavy (non-hydrogen) atoms. The number of esters is 1. The lowest BCUT2D eigenvalue weighted by Gasteiger charge is -2.33. The minimum absolute atomic E-state index is 0.161. The third-order valence-electron chi connectivity index (χ3n) is 2.48. The van der Waals surface area contributed by atoms with Crippen LogP contribution in [0.4, 0.5) is 18.3 Å². The first-order valence-corrected chi connectivity index (χ1v) is 6.64. The Morgan fingerprint density at radius 1 is 1.43 bits per heavy atom. The molecule has 1 amide bonds. The Balaban J connectivity index is 3.29. The van der Waals surface area contributed by atoms with Crippen molar-refractivity contribution in [2.75, 3.05) is 12.4 Å². The molecule has 0 spiro atoms. The van der Waals surface area contributed by atoms with Crippen molar-refractivity contribution in [3.8, 4) is 0 Å². The van der Waals surface area contributed by atoms with Crippen molar-refractivity contribution in [2.24, 2.45) is 0 Å². The molecular weight excluding hydrogens is 311 g/mol. The third-order valence-corrected chi connectivity index (χ3v) is 3.31. The van der Waals surface area contributed by atoms with Gasteiger partial charge in [-0.05, 0) is 6.92 Å². The molecule has 0 radical (unpaired) electrons. The molecule has 0 aliphatic carbocycles. The Morgan fingerprint density at radius 3 is 2.43 bits per heavy atom. The fourth-order valence-electron chi connectivity index (χ4n) is 1.41. The highest BCUT2D eigenvalue weighted by atomic mass is 32.1. The molecule has 6 nitrogen and oxygen atoms in total. The molecule has 0 aliphatic heterocycles. The van der Waals surface area contributed by atoms with Crippen molar-refractivity contribution in [3.63, 3.8) is 0 Å². The zero-order chi connectivity index (χ0) is 16.3. The molecule has 0 bridgehead atoms. The SMILES string of the molecule is CCC(=O)N[C@@](Nc1ncc(C)s1)(C(=O)OC)C(F)(F)F. The first-order chi connectivity index (χ1) is 9.66. The van der Waals surface area contributed by atoms with Gasteiger partial charge in [0, 0.05) is 17.5 Å². The molecule has 1 aromatic heterocycles. The number of hydrogen-bond acceptors (Lipinski definition) is 6. The van der Waals surface area contributed by atoms with E-state index in [1.807, 2.05) is 5.32 Å². The summed E-state index contributed by atoms with van der Waals surface area (Å²) in [6, 6.07) is 0. The van der Waals surface area contributed by atoms with Gasteiger partial charge in [0.2, 0.25) is 5.91 Å². The molecule has 1 aromatic rings. The molecule has 0 saturated carbocycles. The average Bonchev–Trinajstić information content (AvgIpc) is 2.80. The lowest BCUT2D eigenvalue weighted by atomic mass is 10.1. The predicted molar refractivity (Wildman–Crippen MR) is 69.7 cm³/mol. The second-order valence-corrected chi connectivity index (χ2v) is 5.28. The van der Waals surface area contributed by atoms with Gasteiger partial charge in [-0.25, -0.2) is 9.78 Å². The quantitative estimate of drug-likeness (QED) is 0.638. The Bertz CT molecular complexity index is 532. The summed E-state index contributed by atoms with van der Waals surface area (Å²) in [4.78, 5) is 27.5. The average molecular weight is 325 g/mol. The largest absolute Gasteiger partial charge is 0.466 e. The van der Waals surface area contributed by atoms with E-state index < -0.39 is 23.7 Å². The first kappa shape index (κ1) is 17.2. The highest BCUT2D eigenvalue weighted by Crippen LogP contribution is 2.34. The summed E-state index contributed by atoms with van der Waals surface area (Å²) in [5.74, 6) is -2.64. The van der Waals surface area contributed by atoms with E-state index in [-0.39, 0.29) is 11.6 Å². The van der Waals surface area contributed by atoms with E-state index in [4.69, 9.17) is 0 Å². The highest BCUT2D eigenvalue weighted by molar-refractivity contribution is 7.15. The van der Waals surface area contributed by atoms with Gasteiger partial charge in [-0.2, -0.15) is 13.2 Å². The smallest absolute Gasteiger partial charge is 0.442 e. The highest BCUT2D eigenvalue weighted by Gasteiger charge is 2.63. The second-order valence-electron chi connectivity index (χ2n) is 4.04. The van der Waals surface area contributed by atoms with Crippen LogP contribution in [-0.4, -0.2) is 35.8 Å². The molecule has 0 saturated heterocycles. The number of carbonyl (C=O) groups excluding carboxylic acids is 2. The number of halogens is 3. The number of hydrogen-bond donors (Lipinski definition) is 2. The van der Waals surface area contributed by atoms with Crippen molar-refractivity contribution in [1.29, 1.82) is 0 Å². The molecule has 0 unspecified atom stereocenters. The van der Waals surface area contributed by atoms with Crippen molar-refractivity contribution in [1.82, 2.24) is 10.3 Å². The van der Waals surface area contributed by atoms with E-state index in [9.17, 15) is 22.8 Å². The van der Waals surface area contributed by atoms with Crippen molar-refractivity contribution < 1.29 is 27.5 Å². The second kappa shape index (κ2) is 6.29. The van der Waals surface area contributed by atoms with E-state index in [0.29, 0.717) is 4.88 Å². The van der Waals surface area contributed by atoms with Crippen molar-refractivity contribution in [2.45, 2.75) is 32.1 Å². The van der Waals surface area contributed by atoms with E-state index in [1.54, 1.807) is 12.2 Å². The van der Waals surface area contributed by atoms with Crippen LogP contribution in [0.5, 0.6) is 0 Å². The zero-order valence-electron chi connectivity index (χ0n) is 11.5. The molecule has 0 fully saturated rings. The lowest BCUT2D eigenvalue weighted by Crippen LogP contribution is -2.69. The Morgan fingerprint density at radius 2 is 2.05 bits per heavy atom. The van der Waals surface area contributed by atoms with Crippen LogP contribution in [0.15, 0.2) is 6.20 Å². The fraction of sp³-hybridized carbons (Fsp3) is 0.545. The van der Waals surface area contributed by atoms with Crippen LogP contribution in [0.3, 0.4) is 0 Å². The van der Waals surface area contributed by atoms with Crippen molar-refractivity contribution in [3.05, 3.63) is 11.1 Å². The van der Waals surface area contributed by atoms with Gasteiger partial charge in [0.1, 0.15) is 0 Å². The Hall–Kier alpha value is -1.84. The van der Waals surface area contributed by atoms with E-state index in [1.165, 1.54) is 13.1 Å². The number of methoxy groups -OCH3 is 1. The minimum atomic E-state index is -5.12. The van der Waals surface area contributed by atoms with Crippen LogP contribution in [0.2, 0.25) is 0 Å². The first-order valence-electron chi connectivity index (χ1n) is 5.83. The van der Waals surface area contributed by atoms with Crippen molar-refractivity contribution >= 4 is 28.3 Å². The molecular formula is C11H14F3N3O3S. The van der Waals surface area contributed by atoms with Crippen LogP contribution in [0, 0.1) is 6.92 Å². The molecule has 1 atom stereocenters. The number of aromatic nitrogens is 1. The fourth-order valence-corrected chi connectivity index (χ4v) is 2.13. The number of anilines is 1. The van der Waals surface area contributed by atoms with Gasteiger partial charge >= 0.3 is 17.8 Å². The Labute approximate surface area is 122 Å². The maximum atomic E-state index is 13.4. The Kier molecular flexibility index (Phi) is 5.15. The van der Waals surface area contributed by atoms with Gasteiger partial charge in [-0.3, -0.25) is 4.79 Å². The minimum Gasteiger partial charge on any atom is -0.466 e. The number of alkyl halides is 3. The number of nitrogens with one attached hydrogen (secondary N) is 2.